The van der Waals surface area contributed by atoms with Crippen LogP contribution in [0.15, 0.2) is 51.9 Å². The number of hydrogen-bond donors (Lipinski definition) is 2. The van der Waals surface area contributed by atoms with Crippen LogP contribution in [0.4, 0.5) is 0 Å². The number of ether oxygens (including phenoxy) is 1. The number of benzene rings is 2. The summed E-state index contributed by atoms with van der Waals surface area (Å²) in [5.41, 5.74) is 0.865. The Morgan fingerprint density at radius 2 is 1.65 bits per heavy atom. The molecule has 0 spiro atoms. The zero-order chi connectivity index (χ0) is 22.2. The smallest absolute Gasteiger partial charge is 0.204 e. The van der Waals surface area contributed by atoms with Crippen LogP contribution in [0.2, 0.25) is 0 Å². The molecule has 2 N–H and O–H groups in total. The number of phenols is 2. The molecule has 0 atom stereocenters. The Labute approximate surface area is 182 Å². The molecule has 0 saturated carbocycles. The lowest BCUT2D eigenvalue weighted by atomic mass is 10.0. The molecule has 1 aromatic heterocycles. The molecule has 6 nitrogen and oxygen atoms in total. The number of fused-ring (bicyclic) bond motifs is 1. The molecular weight excluding hydrogens is 394 g/mol. The van der Waals surface area contributed by atoms with Gasteiger partial charge in [0.25, 0.3) is 0 Å². The SMILES string of the molecule is CCCCN(CCCC)CCOc1cc(O)c2c(=O)c(-c3ccc(O)cc3)coc2c1. The second kappa shape index (κ2) is 10.9. The van der Waals surface area contributed by atoms with Gasteiger partial charge in [-0.1, -0.05) is 38.8 Å². The first-order valence-corrected chi connectivity index (χ1v) is 11.0. The topological polar surface area (TPSA) is 83.1 Å². The minimum Gasteiger partial charge on any atom is -0.508 e. The van der Waals surface area contributed by atoms with E-state index in [1.807, 2.05) is 0 Å². The van der Waals surface area contributed by atoms with Crippen LogP contribution in [0.1, 0.15) is 39.5 Å². The minimum absolute atomic E-state index is 0.113. The van der Waals surface area contributed by atoms with Crippen molar-refractivity contribution in [3.8, 4) is 28.4 Å². The van der Waals surface area contributed by atoms with Crippen LogP contribution in [-0.2, 0) is 0 Å². The molecule has 0 fully saturated rings. The second-order valence-electron chi connectivity index (χ2n) is 7.74. The normalized spacial score (nSPS) is 11.3. The third kappa shape index (κ3) is 5.79. The first-order chi connectivity index (χ1) is 15.0. The largest absolute Gasteiger partial charge is 0.508 e. The quantitative estimate of drug-likeness (QED) is 0.442. The Kier molecular flexibility index (Phi) is 7.95. The molecule has 0 saturated heterocycles. The second-order valence-corrected chi connectivity index (χ2v) is 7.74. The number of nitrogens with zero attached hydrogens (tertiary/aromatic N) is 1. The number of aromatic hydroxyl groups is 2. The molecule has 0 aliphatic carbocycles. The van der Waals surface area contributed by atoms with Gasteiger partial charge in [-0.25, -0.2) is 0 Å². The highest BCUT2D eigenvalue weighted by molar-refractivity contribution is 5.88. The van der Waals surface area contributed by atoms with E-state index in [0.29, 0.717) is 23.5 Å². The van der Waals surface area contributed by atoms with Gasteiger partial charge in [-0.3, -0.25) is 9.69 Å². The third-order valence-corrected chi connectivity index (χ3v) is 5.34. The first kappa shape index (κ1) is 22.7. The van der Waals surface area contributed by atoms with Crippen molar-refractivity contribution in [2.24, 2.45) is 0 Å². The maximum atomic E-state index is 12.9. The van der Waals surface area contributed by atoms with Gasteiger partial charge in [-0.2, -0.15) is 0 Å². The highest BCUT2D eigenvalue weighted by atomic mass is 16.5. The summed E-state index contributed by atoms with van der Waals surface area (Å²) >= 11 is 0. The van der Waals surface area contributed by atoms with Gasteiger partial charge in [0, 0.05) is 18.7 Å². The molecule has 31 heavy (non-hydrogen) atoms. The fourth-order valence-corrected chi connectivity index (χ4v) is 3.52. The summed E-state index contributed by atoms with van der Waals surface area (Å²) in [7, 11) is 0. The molecule has 166 valence electrons. The Hall–Kier alpha value is -2.99. The van der Waals surface area contributed by atoms with Crippen LogP contribution >= 0.6 is 0 Å². The summed E-state index contributed by atoms with van der Waals surface area (Å²) in [5.74, 6) is 0.411. The van der Waals surface area contributed by atoms with Crippen LogP contribution in [0.3, 0.4) is 0 Å². The molecular formula is C25H31NO5. The molecule has 2 aromatic carbocycles. The lowest BCUT2D eigenvalue weighted by Gasteiger charge is -2.22. The van der Waals surface area contributed by atoms with E-state index >= 15 is 0 Å². The number of unbranched alkanes of at least 4 members (excludes halogenated alkanes) is 2. The highest BCUT2D eigenvalue weighted by Crippen LogP contribution is 2.30. The van der Waals surface area contributed by atoms with Gasteiger partial charge in [0.15, 0.2) is 0 Å². The standard InChI is InChI=1S/C25H31NO5/c1-3-5-11-26(12-6-4-2)13-14-30-20-15-22(28)24-23(16-20)31-17-21(25(24)29)18-7-9-19(27)10-8-18/h7-10,15-17,27-28H,3-6,11-14H2,1-2H3. The molecule has 1 heterocycles. The Morgan fingerprint density at radius 3 is 2.29 bits per heavy atom. The summed E-state index contributed by atoms with van der Waals surface area (Å²) in [6, 6.07) is 9.36. The minimum atomic E-state index is -0.332. The van der Waals surface area contributed by atoms with Crippen LogP contribution in [0.5, 0.6) is 17.2 Å². The van der Waals surface area contributed by atoms with Crippen molar-refractivity contribution < 1.29 is 19.4 Å². The van der Waals surface area contributed by atoms with Crippen LogP contribution < -0.4 is 10.2 Å². The van der Waals surface area contributed by atoms with Gasteiger partial charge in [0.05, 0.1) is 5.56 Å². The van der Waals surface area contributed by atoms with E-state index in [1.165, 1.54) is 24.5 Å². The van der Waals surface area contributed by atoms with Crippen molar-refractivity contribution in [2.45, 2.75) is 39.5 Å². The number of phenolic OH excluding ortho intramolecular Hbond substituents is 2. The van der Waals surface area contributed by atoms with E-state index in [0.717, 1.165) is 45.3 Å². The van der Waals surface area contributed by atoms with Crippen molar-refractivity contribution in [3.05, 3.63) is 52.9 Å². The predicted octanol–water partition coefficient (Wildman–Crippen LogP) is 5.15. The van der Waals surface area contributed by atoms with E-state index < -0.39 is 0 Å². The van der Waals surface area contributed by atoms with Gasteiger partial charge in [-0.15, -0.1) is 0 Å². The third-order valence-electron chi connectivity index (χ3n) is 5.34. The van der Waals surface area contributed by atoms with Crippen molar-refractivity contribution in [1.82, 2.24) is 4.90 Å². The zero-order valence-electron chi connectivity index (χ0n) is 18.3. The zero-order valence-corrected chi connectivity index (χ0v) is 18.3. The predicted molar refractivity (Wildman–Crippen MR) is 123 cm³/mol. The van der Waals surface area contributed by atoms with Crippen LogP contribution in [0, 0.1) is 0 Å². The van der Waals surface area contributed by atoms with Gasteiger partial charge in [0.1, 0.15) is 41.1 Å². The Morgan fingerprint density at radius 1 is 0.968 bits per heavy atom. The van der Waals surface area contributed by atoms with E-state index in [4.69, 9.17) is 9.15 Å². The Bertz CT molecular complexity index is 1030. The summed E-state index contributed by atoms with van der Waals surface area (Å²) < 4.78 is 11.5. The lowest BCUT2D eigenvalue weighted by molar-refractivity contribution is 0.204. The molecule has 0 aliphatic heterocycles. The van der Waals surface area contributed by atoms with Crippen LogP contribution in [-0.4, -0.2) is 41.4 Å². The van der Waals surface area contributed by atoms with Gasteiger partial charge in [-0.05, 0) is 43.6 Å². The van der Waals surface area contributed by atoms with Gasteiger partial charge < -0.3 is 19.4 Å². The first-order valence-electron chi connectivity index (χ1n) is 11.0. The summed E-state index contributed by atoms with van der Waals surface area (Å²) in [5, 5.41) is 20.1. The average Bonchev–Trinajstić information content (AvgIpc) is 2.76. The summed E-state index contributed by atoms with van der Waals surface area (Å²) in [4.78, 5) is 15.3. The molecule has 0 amide bonds. The van der Waals surface area contributed by atoms with E-state index in [2.05, 4.69) is 18.7 Å². The number of hydrogen-bond acceptors (Lipinski definition) is 6. The fraction of sp³-hybridized carbons (Fsp3) is 0.400. The van der Waals surface area contributed by atoms with Crippen molar-refractivity contribution in [1.29, 1.82) is 0 Å². The maximum Gasteiger partial charge on any atom is 0.204 e. The number of rotatable bonds is 11. The Balaban J connectivity index is 1.75. The molecule has 0 unspecified atom stereocenters. The monoisotopic (exact) mass is 425 g/mol. The van der Waals surface area contributed by atoms with Crippen LogP contribution in [0.25, 0.3) is 22.1 Å². The van der Waals surface area contributed by atoms with E-state index in [1.54, 1.807) is 18.2 Å². The molecule has 0 radical (unpaired) electrons. The van der Waals surface area contributed by atoms with Gasteiger partial charge >= 0.3 is 0 Å². The van der Waals surface area contributed by atoms with Crippen molar-refractivity contribution in [2.75, 3.05) is 26.2 Å². The highest BCUT2D eigenvalue weighted by Gasteiger charge is 2.15. The molecule has 0 aliphatic rings. The molecule has 3 rings (SSSR count). The van der Waals surface area contributed by atoms with E-state index in [9.17, 15) is 15.0 Å². The summed E-state index contributed by atoms with van der Waals surface area (Å²) in [6.45, 7) is 7.78. The maximum absolute atomic E-state index is 12.9. The molecule has 0 bridgehead atoms. The average molecular weight is 426 g/mol. The van der Waals surface area contributed by atoms with Crippen molar-refractivity contribution >= 4 is 11.0 Å². The molecule has 6 heteroatoms. The molecule has 3 aromatic rings. The summed E-state index contributed by atoms with van der Waals surface area (Å²) in [6.07, 6.45) is 6.02. The lowest BCUT2D eigenvalue weighted by Crippen LogP contribution is -2.30. The fourth-order valence-electron chi connectivity index (χ4n) is 3.52. The van der Waals surface area contributed by atoms with Gasteiger partial charge in [0.2, 0.25) is 5.43 Å². The van der Waals surface area contributed by atoms with E-state index in [-0.39, 0.29) is 27.9 Å². The van der Waals surface area contributed by atoms with Crippen molar-refractivity contribution in [3.63, 3.8) is 0 Å².